The van der Waals surface area contributed by atoms with Crippen molar-refractivity contribution in [2.24, 2.45) is 5.10 Å². The molecule has 1 heterocycles. The lowest BCUT2D eigenvalue weighted by Crippen LogP contribution is -2.18. The van der Waals surface area contributed by atoms with E-state index >= 15 is 0 Å². The number of amides is 2. The SMILES string of the molecule is Cc1ccc(/C=N/NC(=O)c2cccc(NC(=O)c3ccc(Cl)cc3)c2)o1. The summed E-state index contributed by atoms with van der Waals surface area (Å²) in [5.41, 5.74) is 3.74. The average Bonchev–Trinajstić information content (AvgIpc) is 3.07. The molecule has 3 rings (SSSR count). The minimum atomic E-state index is -0.405. The number of hydrazone groups is 1. The van der Waals surface area contributed by atoms with Crippen LogP contribution in [0.15, 0.2) is 70.2 Å². The number of aryl methyl sites for hydroxylation is 1. The first-order valence-electron chi connectivity index (χ1n) is 8.08. The van der Waals surface area contributed by atoms with Gasteiger partial charge in [-0.1, -0.05) is 17.7 Å². The van der Waals surface area contributed by atoms with Gasteiger partial charge in [-0.2, -0.15) is 5.10 Å². The number of nitrogens with zero attached hydrogens (tertiary/aromatic N) is 1. The third kappa shape index (κ3) is 5.05. The Morgan fingerprint density at radius 2 is 1.78 bits per heavy atom. The van der Waals surface area contributed by atoms with E-state index in [2.05, 4.69) is 15.8 Å². The summed E-state index contributed by atoms with van der Waals surface area (Å²) < 4.78 is 5.33. The maximum absolute atomic E-state index is 12.2. The Labute approximate surface area is 160 Å². The van der Waals surface area contributed by atoms with Crippen molar-refractivity contribution >= 4 is 35.3 Å². The maximum atomic E-state index is 12.2. The fourth-order valence-corrected chi connectivity index (χ4v) is 2.41. The predicted molar refractivity (Wildman–Crippen MR) is 104 cm³/mol. The first-order chi connectivity index (χ1) is 13.0. The van der Waals surface area contributed by atoms with Gasteiger partial charge in [0.05, 0.1) is 6.21 Å². The van der Waals surface area contributed by atoms with Gasteiger partial charge in [-0.15, -0.1) is 0 Å². The van der Waals surface area contributed by atoms with Crippen molar-refractivity contribution in [1.29, 1.82) is 0 Å². The molecule has 0 atom stereocenters. The molecule has 0 saturated heterocycles. The van der Waals surface area contributed by atoms with Gasteiger partial charge >= 0.3 is 0 Å². The van der Waals surface area contributed by atoms with Gasteiger partial charge in [0.1, 0.15) is 11.5 Å². The van der Waals surface area contributed by atoms with Crippen LogP contribution in [-0.4, -0.2) is 18.0 Å². The van der Waals surface area contributed by atoms with Crippen molar-refractivity contribution in [2.45, 2.75) is 6.92 Å². The highest BCUT2D eigenvalue weighted by Crippen LogP contribution is 2.14. The van der Waals surface area contributed by atoms with Gasteiger partial charge in [0.2, 0.25) is 0 Å². The molecule has 0 aliphatic heterocycles. The highest BCUT2D eigenvalue weighted by Gasteiger charge is 2.09. The van der Waals surface area contributed by atoms with E-state index in [-0.39, 0.29) is 5.91 Å². The molecule has 0 spiro atoms. The molecule has 0 unspecified atom stereocenters. The fourth-order valence-electron chi connectivity index (χ4n) is 2.28. The van der Waals surface area contributed by atoms with Crippen molar-refractivity contribution in [2.75, 3.05) is 5.32 Å². The molecule has 2 amide bonds. The second-order valence-corrected chi connectivity index (χ2v) is 6.13. The molecule has 0 aliphatic rings. The van der Waals surface area contributed by atoms with Gasteiger partial charge in [0, 0.05) is 21.8 Å². The van der Waals surface area contributed by atoms with Gasteiger partial charge < -0.3 is 9.73 Å². The molecule has 2 N–H and O–H groups in total. The molecule has 0 saturated carbocycles. The van der Waals surface area contributed by atoms with Gasteiger partial charge in [-0.05, 0) is 61.5 Å². The molecule has 0 fully saturated rings. The van der Waals surface area contributed by atoms with E-state index in [4.69, 9.17) is 16.0 Å². The second-order valence-electron chi connectivity index (χ2n) is 5.69. The molecule has 0 bridgehead atoms. The minimum absolute atomic E-state index is 0.296. The van der Waals surface area contributed by atoms with E-state index in [0.29, 0.717) is 27.6 Å². The Kier molecular flexibility index (Phi) is 5.68. The number of carbonyl (C=O) groups is 2. The van der Waals surface area contributed by atoms with Crippen molar-refractivity contribution in [3.8, 4) is 0 Å². The fraction of sp³-hybridized carbons (Fsp3) is 0.0500. The Hall–Kier alpha value is -3.38. The molecule has 0 radical (unpaired) electrons. The van der Waals surface area contributed by atoms with E-state index in [9.17, 15) is 9.59 Å². The number of rotatable bonds is 5. The smallest absolute Gasteiger partial charge is 0.271 e. The van der Waals surface area contributed by atoms with Gasteiger partial charge in [-0.3, -0.25) is 9.59 Å². The summed E-state index contributed by atoms with van der Waals surface area (Å²) in [6, 6.07) is 16.6. The molecule has 7 heteroatoms. The molecule has 2 aromatic carbocycles. The summed E-state index contributed by atoms with van der Waals surface area (Å²) in [5.74, 6) is 0.594. The number of carbonyl (C=O) groups excluding carboxylic acids is 2. The maximum Gasteiger partial charge on any atom is 0.271 e. The zero-order chi connectivity index (χ0) is 19.2. The van der Waals surface area contributed by atoms with Crippen LogP contribution in [-0.2, 0) is 0 Å². The topological polar surface area (TPSA) is 83.7 Å². The van der Waals surface area contributed by atoms with Crippen molar-refractivity contribution in [3.05, 3.63) is 88.3 Å². The van der Waals surface area contributed by atoms with Crippen LogP contribution in [0.3, 0.4) is 0 Å². The summed E-state index contributed by atoms with van der Waals surface area (Å²) in [6.07, 6.45) is 1.41. The number of hydrogen-bond acceptors (Lipinski definition) is 4. The molecular formula is C20H16ClN3O3. The quantitative estimate of drug-likeness (QED) is 0.511. The zero-order valence-corrected chi connectivity index (χ0v) is 15.2. The largest absolute Gasteiger partial charge is 0.460 e. The molecule has 3 aromatic rings. The highest BCUT2D eigenvalue weighted by atomic mass is 35.5. The summed E-state index contributed by atoms with van der Waals surface area (Å²) >= 11 is 5.82. The van der Waals surface area contributed by atoms with Crippen LogP contribution in [0.1, 0.15) is 32.2 Å². The lowest BCUT2D eigenvalue weighted by atomic mass is 10.1. The van der Waals surface area contributed by atoms with Crippen molar-refractivity contribution in [1.82, 2.24) is 5.43 Å². The van der Waals surface area contributed by atoms with Crippen LogP contribution in [0.2, 0.25) is 5.02 Å². The average molecular weight is 382 g/mol. The van der Waals surface area contributed by atoms with Crippen LogP contribution < -0.4 is 10.7 Å². The zero-order valence-electron chi connectivity index (χ0n) is 14.4. The standard InChI is InChI=1S/C20H16ClN3O3/c1-13-5-10-18(27-13)12-22-24-20(26)15-3-2-4-17(11-15)23-19(25)14-6-8-16(21)9-7-14/h2-12H,1H3,(H,23,25)(H,24,26)/b22-12+. The van der Waals surface area contributed by atoms with Crippen LogP contribution in [0.4, 0.5) is 5.69 Å². The Bertz CT molecular complexity index is 994. The predicted octanol–water partition coefficient (Wildman–Crippen LogP) is 4.26. The lowest BCUT2D eigenvalue weighted by Gasteiger charge is -2.07. The third-order valence-electron chi connectivity index (χ3n) is 3.61. The minimum Gasteiger partial charge on any atom is -0.460 e. The Morgan fingerprint density at radius 3 is 2.48 bits per heavy atom. The number of benzene rings is 2. The summed E-state index contributed by atoms with van der Waals surface area (Å²) in [7, 11) is 0. The van der Waals surface area contributed by atoms with Crippen LogP contribution >= 0.6 is 11.6 Å². The number of hydrogen-bond donors (Lipinski definition) is 2. The summed E-state index contributed by atoms with van der Waals surface area (Å²) in [6.45, 7) is 1.82. The molecular weight excluding hydrogens is 366 g/mol. The second kappa shape index (κ2) is 8.33. The lowest BCUT2D eigenvalue weighted by molar-refractivity contribution is 0.0953. The summed E-state index contributed by atoms with van der Waals surface area (Å²) in [5, 5.41) is 7.15. The first kappa shape index (κ1) is 18.4. The summed E-state index contributed by atoms with van der Waals surface area (Å²) in [4.78, 5) is 24.5. The Balaban J connectivity index is 1.63. The number of anilines is 1. The van der Waals surface area contributed by atoms with E-state index in [1.54, 1.807) is 60.7 Å². The van der Waals surface area contributed by atoms with Crippen molar-refractivity contribution in [3.63, 3.8) is 0 Å². The number of nitrogens with one attached hydrogen (secondary N) is 2. The highest BCUT2D eigenvalue weighted by molar-refractivity contribution is 6.30. The van der Waals surface area contributed by atoms with Gasteiger partial charge in [-0.25, -0.2) is 5.43 Å². The van der Waals surface area contributed by atoms with Crippen molar-refractivity contribution < 1.29 is 14.0 Å². The molecule has 1 aromatic heterocycles. The van der Waals surface area contributed by atoms with Crippen LogP contribution in [0, 0.1) is 6.92 Å². The van der Waals surface area contributed by atoms with Crippen LogP contribution in [0.5, 0.6) is 0 Å². The van der Waals surface area contributed by atoms with E-state index in [0.717, 1.165) is 5.76 Å². The van der Waals surface area contributed by atoms with Crippen LogP contribution in [0.25, 0.3) is 0 Å². The Morgan fingerprint density at radius 1 is 1.00 bits per heavy atom. The molecule has 6 nitrogen and oxygen atoms in total. The van der Waals surface area contributed by atoms with E-state index in [1.165, 1.54) is 6.21 Å². The van der Waals surface area contributed by atoms with Gasteiger partial charge in [0.25, 0.3) is 11.8 Å². The monoisotopic (exact) mass is 381 g/mol. The molecule has 0 aliphatic carbocycles. The number of furan rings is 1. The first-order valence-corrected chi connectivity index (χ1v) is 8.46. The van der Waals surface area contributed by atoms with E-state index < -0.39 is 5.91 Å². The normalized spacial score (nSPS) is 10.7. The molecule has 136 valence electrons. The van der Waals surface area contributed by atoms with Gasteiger partial charge in [0.15, 0.2) is 0 Å². The number of halogens is 1. The van der Waals surface area contributed by atoms with E-state index in [1.807, 2.05) is 6.92 Å². The third-order valence-corrected chi connectivity index (χ3v) is 3.86. The molecule has 27 heavy (non-hydrogen) atoms.